The van der Waals surface area contributed by atoms with Crippen molar-refractivity contribution in [3.05, 3.63) is 70.4 Å². The summed E-state index contributed by atoms with van der Waals surface area (Å²) >= 11 is 2.63. The Morgan fingerprint density at radius 1 is 1.09 bits per heavy atom. The minimum atomic E-state index is -0.467. The summed E-state index contributed by atoms with van der Waals surface area (Å²) in [5, 5.41) is 12.7. The largest absolute Gasteiger partial charge is 0.465 e. The lowest BCUT2D eigenvalue weighted by Crippen LogP contribution is -2.16. The molecule has 0 radical (unpaired) electrons. The highest BCUT2D eigenvalue weighted by atomic mass is 32.2. The van der Waals surface area contributed by atoms with Crippen molar-refractivity contribution < 1.29 is 14.3 Å². The summed E-state index contributed by atoms with van der Waals surface area (Å²) in [5.41, 5.74) is 4.05. The maximum absolute atomic E-state index is 12.8. The number of thioether (sulfide) groups is 1. The number of rotatable bonds is 7. The van der Waals surface area contributed by atoms with Crippen LogP contribution in [-0.2, 0) is 9.53 Å². The summed E-state index contributed by atoms with van der Waals surface area (Å²) in [5.74, 6) is 0.0427. The quantitative estimate of drug-likeness (QED) is 0.291. The van der Waals surface area contributed by atoms with Gasteiger partial charge in [0.25, 0.3) is 0 Å². The average Bonchev–Trinajstić information content (AvgIpc) is 3.38. The van der Waals surface area contributed by atoms with Crippen LogP contribution in [0.1, 0.15) is 26.4 Å². The Labute approximate surface area is 205 Å². The van der Waals surface area contributed by atoms with E-state index in [2.05, 4.69) is 20.5 Å². The third-order valence-corrected chi connectivity index (χ3v) is 7.34. The number of hydrogen-bond donors (Lipinski definition) is 1. The number of para-hydroxylation sites is 1. The number of thiophene rings is 1. The zero-order valence-corrected chi connectivity index (χ0v) is 20.8. The van der Waals surface area contributed by atoms with E-state index in [1.54, 1.807) is 12.4 Å². The predicted octanol–water partition coefficient (Wildman–Crippen LogP) is 4.83. The summed E-state index contributed by atoms with van der Waals surface area (Å²) < 4.78 is 6.83. The molecule has 3 aromatic heterocycles. The lowest BCUT2D eigenvalue weighted by Gasteiger charge is -2.13. The standard InChI is InChI=1S/C24H23N5O3S2/c1-14-7-5-6-8-18(14)29-21(17-9-11-25-12-10-17)27-28-24(29)33-13-19(30)26-22-20(23(31)32-4)15(2)16(3)34-22/h5-12H,13H2,1-4H3,(H,26,30). The van der Waals surface area contributed by atoms with Crippen LogP contribution in [0.2, 0.25) is 0 Å². The number of pyridine rings is 1. The lowest BCUT2D eigenvalue weighted by molar-refractivity contribution is -0.113. The van der Waals surface area contributed by atoms with Crippen LogP contribution in [-0.4, -0.2) is 44.5 Å². The van der Waals surface area contributed by atoms with Gasteiger partial charge in [0.1, 0.15) is 5.00 Å². The van der Waals surface area contributed by atoms with Crippen LogP contribution in [0.15, 0.2) is 53.9 Å². The van der Waals surface area contributed by atoms with Crippen LogP contribution in [0.5, 0.6) is 0 Å². The van der Waals surface area contributed by atoms with Crippen LogP contribution in [0.4, 0.5) is 5.00 Å². The highest BCUT2D eigenvalue weighted by Crippen LogP contribution is 2.34. The Kier molecular flexibility index (Phi) is 7.09. The van der Waals surface area contributed by atoms with Gasteiger partial charge in [-0.2, -0.15) is 0 Å². The molecule has 174 valence electrons. The molecule has 0 saturated heterocycles. The zero-order valence-electron chi connectivity index (χ0n) is 19.2. The number of methoxy groups -OCH3 is 1. The molecule has 0 spiro atoms. The first-order chi connectivity index (χ1) is 16.4. The topological polar surface area (TPSA) is 99.0 Å². The predicted molar refractivity (Wildman–Crippen MR) is 134 cm³/mol. The molecule has 0 aliphatic rings. The zero-order chi connectivity index (χ0) is 24.2. The van der Waals surface area contributed by atoms with Gasteiger partial charge in [-0.05, 0) is 50.1 Å². The second kappa shape index (κ2) is 10.2. The molecule has 1 aromatic carbocycles. The van der Waals surface area contributed by atoms with Gasteiger partial charge in [0.05, 0.1) is 24.1 Å². The van der Waals surface area contributed by atoms with E-state index in [-0.39, 0.29) is 11.7 Å². The van der Waals surface area contributed by atoms with Crippen LogP contribution in [0, 0.1) is 20.8 Å². The highest BCUT2D eigenvalue weighted by Gasteiger charge is 2.23. The molecule has 0 fully saturated rings. The fraction of sp³-hybridized carbons (Fsp3) is 0.208. The Bertz CT molecular complexity index is 1350. The van der Waals surface area contributed by atoms with E-state index >= 15 is 0 Å². The number of aromatic nitrogens is 4. The second-order valence-corrected chi connectivity index (χ2v) is 9.65. The van der Waals surface area contributed by atoms with Crippen molar-refractivity contribution in [2.75, 3.05) is 18.2 Å². The van der Waals surface area contributed by atoms with Crippen molar-refractivity contribution in [3.63, 3.8) is 0 Å². The second-order valence-electron chi connectivity index (χ2n) is 7.48. The Balaban J connectivity index is 1.60. The number of nitrogens with zero attached hydrogens (tertiary/aromatic N) is 4. The van der Waals surface area contributed by atoms with Crippen molar-refractivity contribution in [3.8, 4) is 17.1 Å². The summed E-state index contributed by atoms with van der Waals surface area (Å²) in [6.45, 7) is 5.76. The van der Waals surface area contributed by atoms with Gasteiger partial charge in [-0.3, -0.25) is 14.3 Å². The van der Waals surface area contributed by atoms with Crippen molar-refractivity contribution in [2.45, 2.75) is 25.9 Å². The number of ether oxygens (including phenoxy) is 1. The van der Waals surface area contributed by atoms with Gasteiger partial charge >= 0.3 is 5.97 Å². The maximum atomic E-state index is 12.8. The van der Waals surface area contributed by atoms with Crippen LogP contribution in [0.3, 0.4) is 0 Å². The smallest absolute Gasteiger partial charge is 0.341 e. The van der Waals surface area contributed by atoms with Gasteiger partial charge in [0.2, 0.25) is 5.91 Å². The van der Waals surface area contributed by atoms with Crippen molar-refractivity contribution in [2.24, 2.45) is 0 Å². The van der Waals surface area contributed by atoms with Crippen molar-refractivity contribution in [1.29, 1.82) is 0 Å². The summed E-state index contributed by atoms with van der Waals surface area (Å²) in [7, 11) is 1.33. The summed E-state index contributed by atoms with van der Waals surface area (Å²) in [4.78, 5) is 30.1. The first-order valence-electron chi connectivity index (χ1n) is 10.4. The molecule has 0 unspecified atom stereocenters. The molecule has 34 heavy (non-hydrogen) atoms. The molecule has 1 N–H and O–H groups in total. The summed E-state index contributed by atoms with van der Waals surface area (Å²) in [6, 6.07) is 11.7. The Hall–Kier alpha value is -3.50. The highest BCUT2D eigenvalue weighted by molar-refractivity contribution is 7.99. The minimum absolute atomic E-state index is 0.0942. The van der Waals surface area contributed by atoms with E-state index in [9.17, 15) is 9.59 Å². The Morgan fingerprint density at radius 3 is 2.53 bits per heavy atom. The van der Waals surface area contributed by atoms with Gasteiger partial charge < -0.3 is 10.1 Å². The van der Waals surface area contributed by atoms with Crippen molar-refractivity contribution in [1.82, 2.24) is 19.7 Å². The third-order valence-electron chi connectivity index (χ3n) is 5.29. The number of amides is 1. The van der Waals surface area contributed by atoms with Gasteiger partial charge in [-0.25, -0.2) is 4.79 Å². The van der Waals surface area contributed by atoms with Gasteiger partial charge in [0, 0.05) is 22.8 Å². The number of aryl methyl sites for hydroxylation is 2. The van der Waals surface area contributed by atoms with E-state index in [0.29, 0.717) is 21.5 Å². The molecule has 0 atom stereocenters. The van der Waals surface area contributed by atoms with Gasteiger partial charge in [0.15, 0.2) is 11.0 Å². The number of carbonyl (C=O) groups excluding carboxylic acids is 2. The maximum Gasteiger partial charge on any atom is 0.341 e. The molecule has 0 aliphatic heterocycles. The van der Waals surface area contributed by atoms with Crippen LogP contribution >= 0.6 is 23.1 Å². The van der Waals surface area contributed by atoms with E-state index in [1.807, 2.05) is 61.7 Å². The SMILES string of the molecule is COC(=O)c1c(NC(=O)CSc2nnc(-c3ccncc3)n2-c2ccccc2C)sc(C)c1C. The minimum Gasteiger partial charge on any atom is -0.465 e. The summed E-state index contributed by atoms with van der Waals surface area (Å²) in [6.07, 6.45) is 3.41. The number of carbonyl (C=O) groups is 2. The van der Waals surface area contributed by atoms with Crippen molar-refractivity contribution >= 4 is 40.0 Å². The first-order valence-corrected chi connectivity index (χ1v) is 12.2. The van der Waals surface area contributed by atoms with E-state index in [0.717, 1.165) is 27.3 Å². The molecule has 1 amide bonds. The van der Waals surface area contributed by atoms with Crippen LogP contribution in [0.25, 0.3) is 17.1 Å². The van der Waals surface area contributed by atoms with Gasteiger partial charge in [-0.1, -0.05) is 30.0 Å². The third kappa shape index (κ3) is 4.73. The molecule has 4 rings (SSSR count). The number of hydrogen-bond acceptors (Lipinski definition) is 8. The fourth-order valence-electron chi connectivity index (χ4n) is 3.44. The molecule has 3 heterocycles. The molecule has 10 heteroatoms. The Morgan fingerprint density at radius 2 is 1.82 bits per heavy atom. The molecule has 4 aromatic rings. The molecule has 0 bridgehead atoms. The van der Waals surface area contributed by atoms with E-state index in [1.165, 1.54) is 30.2 Å². The molecular formula is C24H23N5O3S2. The van der Waals surface area contributed by atoms with Gasteiger partial charge in [-0.15, -0.1) is 21.5 Å². The molecule has 0 saturated carbocycles. The number of esters is 1. The normalized spacial score (nSPS) is 10.8. The average molecular weight is 494 g/mol. The van der Waals surface area contributed by atoms with E-state index < -0.39 is 5.97 Å². The molecule has 8 nitrogen and oxygen atoms in total. The van der Waals surface area contributed by atoms with Crippen LogP contribution < -0.4 is 5.32 Å². The molecule has 0 aliphatic carbocycles. The van der Waals surface area contributed by atoms with E-state index in [4.69, 9.17) is 4.74 Å². The monoisotopic (exact) mass is 493 g/mol. The number of benzene rings is 1. The number of nitrogens with one attached hydrogen (secondary N) is 1. The molecular weight excluding hydrogens is 470 g/mol. The number of anilines is 1. The first kappa shape index (κ1) is 23.7. The lowest BCUT2D eigenvalue weighted by atomic mass is 10.1. The fourth-order valence-corrected chi connectivity index (χ4v) is 5.25.